The molecule has 1 saturated heterocycles. The van der Waals surface area contributed by atoms with Crippen LogP contribution in [0.4, 0.5) is 0 Å². The van der Waals surface area contributed by atoms with Crippen molar-refractivity contribution < 1.29 is 16.8 Å². The quantitative estimate of drug-likeness (QED) is 0.625. The number of hydrazone groups is 1. The molecule has 12 heteroatoms. The van der Waals surface area contributed by atoms with Crippen molar-refractivity contribution in [1.29, 1.82) is 0 Å². The number of nitrogens with two attached hydrogens (primary N) is 1. The average molecular weight is 489 g/mol. The first-order valence-electron chi connectivity index (χ1n) is 10.1. The molecule has 0 bridgehead atoms. The highest BCUT2D eigenvalue weighted by Crippen LogP contribution is 2.27. The van der Waals surface area contributed by atoms with Crippen molar-refractivity contribution in [2.45, 2.75) is 6.42 Å². The molecule has 2 aromatic rings. The van der Waals surface area contributed by atoms with Gasteiger partial charge in [-0.3, -0.25) is 4.98 Å². The summed E-state index contributed by atoms with van der Waals surface area (Å²) in [7, 11) is -6.95. The van der Waals surface area contributed by atoms with Crippen LogP contribution in [-0.2, 0) is 26.1 Å². The first kappa shape index (κ1) is 22.9. The third-order valence-corrected chi connectivity index (χ3v) is 8.07. The van der Waals surface area contributed by atoms with Crippen molar-refractivity contribution in [2.75, 3.05) is 30.9 Å². The van der Waals surface area contributed by atoms with Gasteiger partial charge in [0.05, 0.1) is 17.0 Å². The lowest BCUT2D eigenvalue weighted by atomic mass is 10.1. The average Bonchev–Trinajstić information content (AvgIpc) is 2.74. The van der Waals surface area contributed by atoms with E-state index < -0.39 is 19.7 Å². The van der Waals surface area contributed by atoms with Gasteiger partial charge in [0, 0.05) is 43.6 Å². The van der Waals surface area contributed by atoms with Crippen molar-refractivity contribution in [3.8, 4) is 0 Å². The molecular formula is C21H24N6O4S2. The molecule has 2 aliphatic rings. The van der Waals surface area contributed by atoms with Crippen molar-refractivity contribution in [3.63, 3.8) is 0 Å². The standard InChI is InChI=1S/C21H24N6O4S2/c1-15-25-21(26-9-11-33(30,31)12-10-26)19(32(2,28)29)20(22)27(15)24-8-7-16-13-17-5-3-4-6-18(17)23-14-16/h3-6,8,13-14H,1,7,9-12,22H2,2H3/b24-8-. The Labute approximate surface area is 192 Å². The summed E-state index contributed by atoms with van der Waals surface area (Å²) in [5.74, 6) is -0.0705. The molecule has 4 rings (SSSR count). The molecule has 0 saturated carbocycles. The predicted molar refractivity (Wildman–Crippen MR) is 129 cm³/mol. The lowest BCUT2D eigenvalue weighted by molar-refractivity contribution is 0.411. The molecule has 33 heavy (non-hydrogen) atoms. The Balaban J connectivity index is 1.59. The van der Waals surface area contributed by atoms with Gasteiger partial charge in [-0.05, 0) is 17.7 Å². The van der Waals surface area contributed by atoms with E-state index in [4.69, 9.17) is 5.73 Å². The van der Waals surface area contributed by atoms with Crippen LogP contribution in [-0.4, -0.2) is 74.6 Å². The number of aromatic nitrogens is 1. The summed E-state index contributed by atoms with van der Waals surface area (Å²) in [6.07, 6.45) is 4.80. The number of fused-ring (bicyclic) bond motifs is 1. The second-order valence-electron chi connectivity index (χ2n) is 7.83. The summed E-state index contributed by atoms with van der Waals surface area (Å²) in [5.41, 5.74) is 8.03. The van der Waals surface area contributed by atoms with Gasteiger partial charge in [0.1, 0.15) is 5.82 Å². The van der Waals surface area contributed by atoms with Gasteiger partial charge in [0.2, 0.25) is 0 Å². The molecule has 10 nitrogen and oxygen atoms in total. The fraction of sp³-hybridized carbons (Fsp3) is 0.286. The SMILES string of the molecule is C=C1N=C(N2CCS(=O)(=O)CC2)C(S(C)(=O)=O)=C(N)N1/N=C\Cc1cnc2ccccc2c1. The molecule has 0 aliphatic carbocycles. The van der Waals surface area contributed by atoms with E-state index in [2.05, 4.69) is 21.7 Å². The van der Waals surface area contributed by atoms with Gasteiger partial charge in [-0.15, -0.1) is 0 Å². The number of aliphatic imine (C=N–C) groups is 1. The largest absolute Gasteiger partial charge is 0.382 e. The van der Waals surface area contributed by atoms with Gasteiger partial charge in [-0.25, -0.2) is 21.8 Å². The van der Waals surface area contributed by atoms with E-state index in [-0.39, 0.29) is 47.0 Å². The molecule has 1 aromatic heterocycles. The topological polar surface area (TPSA) is 138 Å². The third-order valence-electron chi connectivity index (χ3n) is 5.33. The lowest BCUT2D eigenvalue weighted by Gasteiger charge is -2.34. The highest BCUT2D eigenvalue weighted by molar-refractivity contribution is 7.95. The van der Waals surface area contributed by atoms with Gasteiger partial charge in [0.15, 0.2) is 36.2 Å². The van der Waals surface area contributed by atoms with Gasteiger partial charge in [-0.2, -0.15) is 10.1 Å². The monoisotopic (exact) mass is 488 g/mol. The molecule has 1 fully saturated rings. The highest BCUT2D eigenvalue weighted by Gasteiger charge is 2.36. The molecule has 0 radical (unpaired) electrons. The number of hydrogen-bond donors (Lipinski definition) is 1. The molecule has 2 aliphatic heterocycles. The van der Waals surface area contributed by atoms with Crippen molar-refractivity contribution in [3.05, 3.63) is 65.2 Å². The number of hydrogen-bond acceptors (Lipinski definition) is 10. The molecule has 3 heterocycles. The van der Waals surface area contributed by atoms with Crippen molar-refractivity contribution in [1.82, 2.24) is 14.9 Å². The Kier molecular flexibility index (Phi) is 5.97. The lowest BCUT2D eigenvalue weighted by Crippen LogP contribution is -2.47. The zero-order valence-corrected chi connectivity index (χ0v) is 19.7. The van der Waals surface area contributed by atoms with Crippen LogP contribution in [0.15, 0.2) is 69.7 Å². The van der Waals surface area contributed by atoms with E-state index in [9.17, 15) is 16.8 Å². The number of para-hydroxylation sites is 1. The third kappa shape index (κ3) is 4.91. The molecule has 1 aromatic carbocycles. The van der Waals surface area contributed by atoms with Crippen LogP contribution in [0.25, 0.3) is 10.9 Å². The van der Waals surface area contributed by atoms with Crippen molar-refractivity contribution >= 4 is 42.6 Å². The Morgan fingerprint density at radius 2 is 1.94 bits per heavy atom. The minimum absolute atomic E-state index is 0.0862. The number of rotatable bonds is 4. The minimum Gasteiger partial charge on any atom is -0.382 e. The van der Waals surface area contributed by atoms with E-state index in [1.807, 2.05) is 30.3 Å². The van der Waals surface area contributed by atoms with E-state index in [0.29, 0.717) is 6.42 Å². The smallest absolute Gasteiger partial charge is 0.182 e. The minimum atomic E-state index is -3.79. The van der Waals surface area contributed by atoms with Crippen LogP contribution in [0.2, 0.25) is 0 Å². The molecule has 0 amide bonds. The van der Waals surface area contributed by atoms with E-state index in [1.165, 1.54) is 5.01 Å². The Bertz CT molecular complexity index is 1410. The van der Waals surface area contributed by atoms with E-state index in [0.717, 1.165) is 22.7 Å². The number of pyridine rings is 1. The van der Waals surface area contributed by atoms with Gasteiger partial charge in [0.25, 0.3) is 0 Å². The molecule has 0 spiro atoms. The zero-order valence-electron chi connectivity index (χ0n) is 18.0. The molecule has 2 N–H and O–H groups in total. The van der Waals surface area contributed by atoms with Crippen LogP contribution in [0.1, 0.15) is 5.56 Å². The van der Waals surface area contributed by atoms with Crippen LogP contribution < -0.4 is 5.73 Å². The summed E-state index contributed by atoms with van der Waals surface area (Å²) in [4.78, 5) is 10.2. The Hall–Kier alpha value is -3.25. The first-order chi connectivity index (χ1) is 15.5. The number of benzene rings is 1. The Morgan fingerprint density at radius 1 is 1.24 bits per heavy atom. The predicted octanol–water partition coefficient (Wildman–Crippen LogP) is 0.851. The molecular weight excluding hydrogens is 464 g/mol. The van der Waals surface area contributed by atoms with Crippen LogP contribution in [0.3, 0.4) is 0 Å². The van der Waals surface area contributed by atoms with Gasteiger partial charge < -0.3 is 10.6 Å². The second kappa shape index (κ2) is 8.60. The number of sulfone groups is 2. The summed E-state index contributed by atoms with van der Waals surface area (Å²) >= 11 is 0. The number of nitrogens with zero attached hydrogens (tertiary/aromatic N) is 5. The first-order valence-corrected chi connectivity index (χ1v) is 13.9. The normalized spacial score (nSPS) is 19.4. The summed E-state index contributed by atoms with van der Waals surface area (Å²) in [6, 6.07) is 9.75. The molecule has 174 valence electrons. The van der Waals surface area contributed by atoms with Gasteiger partial charge in [-0.1, -0.05) is 24.8 Å². The van der Waals surface area contributed by atoms with E-state index >= 15 is 0 Å². The number of amidine groups is 1. The van der Waals surface area contributed by atoms with Crippen LogP contribution in [0.5, 0.6) is 0 Å². The van der Waals surface area contributed by atoms with Crippen LogP contribution in [0, 0.1) is 0 Å². The van der Waals surface area contributed by atoms with Crippen molar-refractivity contribution in [2.24, 2.45) is 15.8 Å². The molecule has 0 unspecified atom stereocenters. The summed E-state index contributed by atoms with van der Waals surface area (Å²) in [6.45, 7) is 4.11. The fourth-order valence-corrected chi connectivity index (χ4v) is 5.82. The maximum Gasteiger partial charge on any atom is 0.182 e. The fourth-order valence-electron chi connectivity index (χ4n) is 3.65. The second-order valence-corrected chi connectivity index (χ2v) is 12.1. The molecule has 0 atom stereocenters. The van der Waals surface area contributed by atoms with E-state index in [1.54, 1.807) is 17.3 Å². The summed E-state index contributed by atoms with van der Waals surface area (Å²) < 4.78 is 48.7. The van der Waals surface area contributed by atoms with Crippen LogP contribution >= 0.6 is 0 Å². The van der Waals surface area contributed by atoms with Gasteiger partial charge >= 0.3 is 0 Å². The maximum atomic E-state index is 12.6. The maximum absolute atomic E-state index is 12.6. The highest BCUT2D eigenvalue weighted by atomic mass is 32.2. The Morgan fingerprint density at radius 3 is 2.64 bits per heavy atom. The zero-order chi connectivity index (χ0) is 23.8. The summed E-state index contributed by atoms with van der Waals surface area (Å²) in [5, 5.41) is 6.48.